The van der Waals surface area contributed by atoms with E-state index in [1.54, 1.807) is 16.0 Å². The van der Waals surface area contributed by atoms with Crippen LogP contribution in [0.25, 0.3) is 49.6 Å². The molecule has 0 saturated heterocycles. The number of carbonyl (C=O) groups is 1. The van der Waals surface area contributed by atoms with Gasteiger partial charge in [-0.3, -0.25) is 14.7 Å². The summed E-state index contributed by atoms with van der Waals surface area (Å²) in [5.74, 6) is 0.702. The second-order valence-electron chi connectivity index (χ2n) is 18.8. The molecule has 12 nitrogen and oxygen atoms in total. The van der Waals surface area contributed by atoms with Gasteiger partial charge in [0.2, 0.25) is 0 Å². The summed E-state index contributed by atoms with van der Waals surface area (Å²) in [4.78, 5) is 22.5. The fourth-order valence-corrected chi connectivity index (χ4v) is 10.2. The number of nitrogens with zero attached hydrogens (tertiary/aromatic N) is 8. The van der Waals surface area contributed by atoms with Crippen molar-refractivity contribution in [3.63, 3.8) is 0 Å². The predicted octanol–water partition coefficient (Wildman–Crippen LogP) is 19.0. The molecule has 0 saturated carbocycles. The number of aryl methyl sites for hydroxylation is 1. The second kappa shape index (κ2) is 25.4. The molecule has 10 rings (SSSR count). The van der Waals surface area contributed by atoms with Crippen LogP contribution in [0.1, 0.15) is 62.5 Å². The van der Waals surface area contributed by atoms with Gasteiger partial charge in [0.05, 0.1) is 57.3 Å². The number of aromatic nitrogens is 2. The Bertz CT molecular complexity index is 3860. The van der Waals surface area contributed by atoms with Crippen LogP contribution < -0.4 is 19.4 Å². The van der Waals surface area contributed by atoms with Crippen LogP contribution in [-0.4, -0.2) is 42.0 Å². The van der Waals surface area contributed by atoms with Gasteiger partial charge in [0.15, 0.2) is 11.5 Å². The number of azo groups is 2. The van der Waals surface area contributed by atoms with Gasteiger partial charge in [-0.15, -0.1) is 10.2 Å². The van der Waals surface area contributed by atoms with E-state index in [4.69, 9.17) is 63.1 Å². The Kier molecular flexibility index (Phi) is 17.4. The third kappa shape index (κ3) is 11.8. The van der Waals surface area contributed by atoms with Gasteiger partial charge in [0.1, 0.15) is 23.7 Å². The largest absolute Gasteiger partial charge is 0.491 e. The first-order valence-corrected chi connectivity index (χ1v) is 27.8. The van der Waals surface area contributed by atoms with E-state index >= 15 is 0 Å². The molecule has 1 aromatic heterocycles. The van der Waals surface area contributed by atoms with Crippen molar-refractivity contribution in [1.82, 2.24) is 9.78 Å². The number of hydrogen-bond donors (Lipinski definition) is 0. The molecule has 402 valence electrons. The van der Waals surface area contributed by atoms with Gasteiger partial charge >= 0.3 is 0 Å². The van der Waals surface area contributed by atoms with Gasteiger partial charge in [0.25, 0.3) is 5.91 Å². The summed E-state index contributed by atoms with van der Waals surface area (Å²) in [5, 5.41) is 30.8. The molecule has 1 heterocycles. The minimum Gasteiger partial charge on any atom is -0.491 e. The molecular weight excluding hydrogens is 1040 g/mol. The molecule has 0 atom stereocenters. The number of hydrogen-bond acceptors (Lipinski definition) is 10. The summed E-state index contributed by atoms with van der Waals surface area (Å²) >= 11 is 13.2. The maximum Gasteiger partial charge on any atom is 0.262 e. The zero-order valence-corrected chi connectivity index (χ0v) is 46.8. The number of hydroxylamine groups is 1. The number of ether oxygens (including phenoxy) is 2. The third-order valence-corrected chi connectivity index (χ3v) is 14.3. The van der Waals surface area contributed by atoms with Crippen LogP contribution in [0.5, 0.6) is 11.5 Å². The number of para-hydroxylation sites is 2. The van der Waals surface area contributed by atoms with Gasteiger partial charge in [-0.1, -0.05) is 146 Å². The van der Waals surface area contributed by atoms with E-state index in [-0.39, 0.29) is 12.5 Å². The molecule has 9 aromatic carbocycles. The maximum absolute atomic E-state index is 14.5. The maximum atomic E-state index is 14.5. The number of fused-ring (bicyclic) bond motifs is 2. The number of halogens is 2. The average molecular weight is 1100 g/mol. The first kappa shape index (κ1) is 54.7. The lowest BCUT2D eigenvalue weighted by Crippen LogP contribution is -2.31. The lowest BCUT2D eigenvalue weighted by molar-refractivity contribution is 0.0954. The molecule has 0 aliphatic heterocycles. The van der Waals surface area contributed by atoms with Crippen molar-refractivity contribution in [1.29, 1.82) is 0 Å². The summed E-state index contributed by atoms with van der Waals surface area (Å²) < 4.78 is 14.5. The van der Waals surface area contributed by atoms with Crippen LogP contribution in [0, 0.1) is 0 Å². The van der Waals surface area contributed by atoms with Crippen LogP contribution in [0.15, 0.2) is 209 Å². The first-order chi connectivity index (χ1) is 39.2. The molecule has 0 bridgehead atoms. The molecule has 0 aliphatic rings. The Hall–Kier alpha value is -8.68. The highest BCUT2D eigenvalue weighted by atomic mass is 35.5. The van der Waals surface area contributed by atoms with Crippen molar-refractivity contribution >= 4 is 84.8 Å². The molecule has 0 aliphatic carbocycles. The normalized spacial score (nSPS) is 11.5. The molecule has 1 amide bonds. The average Bonchev–Trinajstić information content (AvgIpc) is 3.96. The SMILES string of the molecule is CCCc1ccc(-c2nn(-c3ccc(N=Nc4c(OCC)c(CON(CC)c5ccccc5Cl)cc5ccccc45)cc3)cc2-c2ccc(N=Nc3c(OCC)c(C(=O)N(CC)c4ccccc4Cl)cc4ccccc34)cc2)cc1. The summed E-state index contributed by atoms with van der Waals surface area (Å²) in [7, 11) is 0. The topological polar surface area (TPSA) is 118 Å². The van der Waals surface area contributed by atoms with Crippen molar-refractivity contribution in [2.45, 2.75) is 54.1 Å². The van der Waals surface area contributed by atoms with Crippen LogP contribution in [0.2, 0.25) is 10.0 Å². The van der Waals surface area contributed by atoms with Crippen molar-refractivity contribution in [3.05, 3.63) is 215 Å². The van der Waals surface area contributed by atoms with Crippen molar-refractivity contribution in [2.75, 3.05) is 36.3 Å². The Morgan fingerprint density at radius 1 is 0.575 bits per heavy atom. The summed E-state index contributed by atoms with van der Waals surface area (Å²) in [5.41, 5.74) is 10.7. The van der Waals surface area contributed by atoms with E-state index in [2.05, 4.69) is 43.3 Å². The standard InChI is InChI=1S/C66H60Cl2N8O4/c1-6-19-44-28-30-46(31-29-44)61-56(45-32-34-50(35-33-45)69-72-63-54-23-14-12-21-48(54)41-55(65(63)79-10-5)66(77)74(7-2)59-26-17-15-24-57(59)67)42-75(73-61)52-38-36-51(37-39-52)70-71-62-53-22-13-11-20-47(53)40-49(64(62)78-9-4)43-80-76(8-3)60-27-18-16-25-58(60)68/h11-18,20-42H,6-10,19,43H2,1-5H3. The van der Waals surface area contributed by atoms with E-state index in [1.807, 2.05) is 178 Å². The summed E-state index contributed by atoms with van der Waals surface area (Å²) in [6.45, 7) is 11.9. The zero-order valence-electron chi connectivity index (χ0n) is 45.3. The lowest BCUT2D eigenvalue weighted by atomic mass is 10.00. The summed E-state index contributed by atoms with van der Waals surface area (Å²) in [6.07, 6.45) is 4.10. The highest BCUT2D eigenvalue weighted by Gasteiger charge is 2.26. The minimum absolute atomic E-state index is 0.223. The Labute approximate surface area is 476 Å². The van der Waals surface area contributed by atoms with Crippen LogP contribution >= 0.6 is 23.2 Å². The second-order valence-corrected chi connectivity index (χ2v) is 19.6. The molecule has 0 spiro atoms. The van der Waals surface area contributed by atoms with E-state index in [1.165, 1.54) is 5.56 Å². The Balaban J connectivity index is 0.953. The quantitative estimate of drug-likeness (QED) is 0.0522. The highest BCUT2D eigenvalue weighted by Crippen LogP contribution is 2.44. The monoisotopic (exact) mass is 1100 g/mol. The number of benzene rings is 9. The smallest absolute Gasteiger partial charge is 0.262 e. The number of amides is 1. The molecule has 0 N–H and O–H groups in total. The van der Waals surface area contributed by atoms with Gasteiger partial charge in [-0.05, 0) is 129 Å². The van der Waals surface area contributed by atoms with E-state index in [9.17, 15) is 4.79 Å². The molecule has 14 heteroatoms. The number of rotatable bonds is 21. The van der Waals surface area contributed by atoms with Crippen LogP contribution in [0.3, 0.4) is 0 Å². The van der Waals surface area contributed by atoms with Gasteiger partial charge in [-0.25, -0.2) is 4.68 Å². The molecule has 0 radical (unpaired) electrons. The van der Waals surface area contributed by atoms with Crippen LogP contribution in [-0.2, 0) is 17.9 Å². The van der Waals surface area contributed by atoms with Crippen LogP contribution in [0.4, 0.5) is 34.1 Å². The van der Waals surface area contributed by atoms with Crippen molar-refractivity contribution in [3.8, 4) is 39.6 Å². The predicted molar refractivity (Wildman–Crippen MR) is 325 cm³/mol. The lowest BCUT2D eigenvalue weighted by Gasteiger charge is -2.24. The Morgan fingerprint density at radius 2 is 1.12 bits per heavy atom. The van der Waals surface area contributed by atoms with Crippen molar-refractivity contribution in [2.24, 2.45) is 20.5 Å². The number of carbonyl (C=O) groups excluding carboxylic acids is 1. The van der Waals surface area contributed by atoms with E-state index in [0.29, 0.717) is 81.8 Å². The molecule has 0 unspecified atom stereocenters. The number of anilines is 2. The van der Waals surface area contributed by atoms with Gasteiger partial charge < -0.3 is 14.4 Å². The molecule has 0 fully saturated rings. The minimum atomic E-state index is -0.256. The van der Waals surface area contributed by atoms with Gasteiger partial charge in [-0.2, -0.15) is 15.3 Å². The highest BCUT2D eigenvalue weighted by molar-refractivity contribution is 6.34. The molecular formula is C66H60Cl2N8O4. The summed E-state index contributed by atoms with van der Waals surface area (Å²) in [6, 6.07) is 59.1. The van der Waals surface area contributed by atoms with E-state index < -0.39 is 0 Å². The van der Waals surface area contributed by atoms with Gasteiger partial charge in [0, 0.05) is 46.7 Å². The fourth-order valence-electron chi connectivity index (χ4n) is 9.75. The molecule has 10 aromatic rings. The molecule has 80 heavy (non-hydrogen) atoms. The van der Waals surface area contributed by atoms with Crippen molar-refractivity contribution < 1.29 is 19.1 Å². The van der Waals surface area contributed by atoms with E-state index in [0.717, 1.165) is 73.7 Å². The first-order valence-electron chi connectivity index (χ1n) is 27.0. The Morgan fingerprint density at radius 3 is 1.73 bits per heavy atom. The fraction of sp³-hybridized carbons (Fsp3) is 0.182. The zero-order chi connectivity index (χ0) is 55.5. The third-order valence-electron chi connectivity index (χ3n) is 13.6.